The lowest BCUT2D eigenvalue weighted by Crippen LogP contribution is -2.42. The second-order valence-corrected chi connectivity index (χ2v) is 11.7. The zero-order chi connectivity index (χ0) is 23.1. The molecule has 2 aliphatic heterocycles. The van der Waals surface area contributed by atoms with E-state index in [0.29, 0.717) is 11.4 Å². The van der Waals surface area contributed by atoms with Crippen molar-refractivity contribution in [1.29, 1.82) is 0 Å². The number of carbonyl (C=O) groups excluding carboxylic acids is 2. The van der Waals surface area contributed by atoms with Gasteiger partial charge in [0.1, 0.15) is 5.75 Å². The number of aromatic nitrogens is 2. The number of hydrogen-bond acceptors (Lipinski definition) is 7. The molecule has 1 N–H and O–H groups in total. The molecule has 1 saturated heterocycles. The first-order valence-electron chi connectivity index (χ1n) is 11.4. The Morgan fingerprint density at radius 1 is 1.06 bits per heavy atom. The Kier molecular flexibility index (Phi) is 4.39. The van der Waals surface area contributed by atoms with Gasteiger partial charge in [-0.05, 0) is 60.1 Å². The van der Waals surface area contributed by atoms with Gasteiger partial charge in [0.2, 0.25) is 11.8 Å². The molecule has 34 heavy (non-hydrogen) atoms. The van der Waals surface area contributed by atoms with Crippen molar-refractivity contribution < 1.29 is 14.3 Å². The molecule has 2 bridgehead atoms. The highest BCUT2D eigenvalue weighted by atomic mass is 32.2. The third-order valence-electron chi connectivity index (χ3n) is 8.10. The van der Waals surface area contributed by atoms with E-state index in [1.807, 2.05) is 12.3 Å². The number of thioether (sulfide) groups is 1. The zero-order valence-corrected chi connectivity index (χ0v) is 19.8. The van der Waals surface area contributed by atoms with Gasteiger partial charge in [-0.25, -0.2) is 0 Å². The molecule has 2 saturated carbocycles. The monoisotopic (exact) mass is 491 g/mol. The molecule has 2 aliphatic carbocycles. The van der Waals surface area contributed by atoms with Gasteiger partial charge in [-0.3, -0.25) is 24.3 Å². The highest BCUT2D eigenvalue weighted by Gasteiger charge is 2.69. The number of fused-ring (bicyclic) bond motifs is 9. The Hall–Kier alpha value is -2.91. The number of rotatable bonds is 3. The fourth-order valence-corrected chi connectivity index (χ4v) is 9.82. The summed E-state index contributed by atoms with van der Waals surface area (Å²) in [5.74, 6) is 0.309. The molecule has 2 amide bonds. The number of thiazole rings is 1. The molecule has 0 radical (unpaired) electrons. The van der Waals surface area contributed by atoms with Crippen LogP contribution in [0.1, 0.15) is 22.8 Å². The lowest BCUT2D eigenvalue weighted by molar-refractivity contribution is -0.123. The van der Waals surface area contributed by atoms with Gasteiger partial charge >= 0.3 is 4.87 Å². The summed E-state index contributed by atoms with van der Waals surface area (Å²) in [4.78, 5) is 49.4. The summed E-state index contributed by atoms with van der Waals surface area (Å²) in [5, 5.41) is 1.10. The highest BCUT2D eigenvalue weighted by molar-refractivity contribution is 8.00. The molecule has 4 heterocycles. The number of nitrogens with one attached hydrogen (secondary N) is 1. The van der Waals surface area contributed by atoms with E-state index in [2.05, 4.69) is 16.0 Å². The second-order valence-electron chi connectivity index (χ2n) is 9.46. The molecule has 1 aromatic carbocycles. The number of aromatic amines is 1. The van der Waals surface area contributed by atoms with Crippen molar-refractivity contribution in [2.75, 3.05) is 12.0 Å². The topological polar surface area (TPSA) is 92.4 Å². The first-order valence-corrected chi connectivity index (χ1v) is 13.1. The van der Waals surface area contributed by atoms with Crippen LogP contribution in [0.4, 0.5) is 5.69 Å². The van der Waals surface area contributed by atoms with Gasteiger partial charge in [-0.15, -0.1) is 11.8 Å². The number of anilines is 1. The predicted molar refractivity (Wildman–Crippen MR) is 128 cm³/mol. The van der Waals surface area contributed by atoms with Crippen LogP contribution in [0.15, 0.2) is 58.6 Å². The van der Waals surface area contributed by atoms with Crippen LogP contribution >= 0.6 is 23.1 Å². The molecule has 7 rings (SSSR count). The van der Waals surface area contributed by atoms with Crippen molar-refractivity contribution in [3.8, 4) is 5.75 Å². The summed E-state index contributed by atoms with van der Waals surface area (Å²) < 4.78 is 5.23. The van der Waals surface area contributed by atoms with Gasteiger partial charge in [-0.1, -0.05) is 17.4 Å². The average molecular weight is 492 g/mol. The summed E-state index contributed by atoms with van der Waals surface area (Å²) in [6, 6.07) is 11.1. The van der Waals surface area contributed by atoms with Crippen LogP contribution in [-0.2, 0) is 9.59 Å². The third kappa shape index (κ3) is 2.65. The lowest BCUT2D eigenvalue weighted by Gasteiger charge is -2.42. The lowest BCUT2D eigenvalue weighted by atomic mass is 9.68. The Morgan fingerprint density at radius 3 is 2.53 bits per heavy atom. The Balaban J connectivity index is 1.30. The molecule has 9 heteroatoms. The Labute approximate surface area is 203 Å². The molecule has 0 spiro atoms. The number of benzene rings is 1. The molecule has 2 aromatic heterocycles. The smallest absolute Gasteiger partial charge is 0.305 e. The number of hydrogen-bond donors (Lipinski definition) is 1. The number of amides is 2. The molecule has 3 aromatic rings. The van der Waals surface area contributed by atoms with Gasteiger partial charge in [0.25, 0.3) is 0 Å². The molecule has 0 unspecified atom stereocenters. The van der Waals surface area contributed by atoms with E-state index in [1.165, 1.54) is 16.2 Å². The third-order valence-corrected chi connectivity index (χ3v) is 10.7. The van der Waals surface area contributed by atoms with Gasteiger partial charge in [-0.2, -0.15) is 0 Å². The van der Waals surface area contributed by atoms with Crippen molar-refractivity contribution in [2.24, 2.45) is 29.6 Å². The van der Waals surface area contributed by atoms with Gasteiger partial charge in [0.05, 0.1) is 29.7 Å². The maximum atomic E-state index is 13.7. The first kappa shape index (κ1) is 20.5. The molecule has 4 aliphatic rings. The largest absolute Gasteiger partial charge is 0.497 e. The quantitative estimate of drug-likeness (QED) is 0.564. The number of pyridine rings is 1. The van der Waals surface area contributed by atoms with Crippen molar-refractivity contribution in [1.82, 2.24) is 9.97 Å². The SMILES string of the molecule is COc1ccc(N2C(=O)[C@H]3[C@H]4C[C@@H]([C@@H]3C2=O)[C@H]2[C@H](c3cccnc3)c3sc(=O)[nH]c3S[C@H]42)cc1. The van der Waals surface area contributed by atoms with Crippen LogP contribution in [0.5, 0.6) is 5.75 Å². The number of imide groups is 1. The molecule has 7 nitrogen and oxygen atoms in total. The zero-order valence-electron chi connectivity index (χ0n) is 18.2. The van der Waals surface area contributed by atoms with E-state index < -0.39 is 0 Å². The van der Waals surface area contributed by atoms with Crippen molar-refractivity contribution in [3.05, 3.63) is 68.9 Å². The Morgan fingerprint density at radius 2 is 1.82 bits per heavy atom. The fourth-order valence-electron chi connectivity index (χ4n) is 6.94. The second kappa shape index (κ2) is 7.29. The minimum absolute atomic E-state index is 0.00721. The highest BCUT2D eigenvalue weighted by Crippen LogP contribution is 2.68. The minimum atomic E-state index is -0.308. The van der Waals surface area contributed by atoms with Gasteiger partial charge in [0.15, 0.2) is 0 Å². The van der Waals surface area contributed by atoms with E-state index in [4.69, 9.17) is 4.74 Å². The van der Waals surface area contributed by atoms with E-state index >= 15 is 0 Å². The molecule has 3 fully saturated rings. The van der Waals surface area contributed by atoms with Crippen LogP contribution < -0.4 is 14.5 Å². The molecule has 7 atom stereocenters. The molecular weight excluding hydrogens is 470 g/mol. The summed E-state index contributed by atoms with van der Waals surface area (Å²) in [7, 11) is 1.59. The van der Waals surface area contributed by atoms with E-state index in [0.717, 1.165) is 21.9 Å². The van der Waals surface area contributed by atoms with Gasteiger partial charge < -0.3 is 9.72 Å². The van der Waals surface area contributed by atoms with E-state index in [1.54, 1.807) is 49.3 Å². The maximum absolute atomic E-state index is 13.7. The standard InChI is InChI=1S/C25H21N3O4S2/c1-32-13-6-4-12(5-7-13)28-23(29)18-14-9-15(19(18)24(28)30)20-17(14)16(11-3-2-8-26-10-11)21-22(33-20)27-25(31)34-21/h2-8,10,14-20H,9H2,1H3,(H,27,31)/t14-,15-,16+,17+,18+,19+,20-/m1/s1. The predicted octanol–water partition coefficient (Wildman–Crippen LogP) is 3.52. The van der Waals surface area contributed by atoms with Gasteiger partial charge in [0, 0.05) is 28.4 Å². The summed E-state index contributed by atoms with van der Waals surface area (Å²) in [6.45, 7) is 0. The number of ether oxygens (including phenoxy) is 1. The van der Waals surface area contributed by atoms with E-state index in [-0.39, 0.29) is 57.4 Å². The van der Waals surface area contributed by atoms with E-state index in [9.17, 15) is 14.4 Å². The van der Waals surface area contributed by atoms with Crippen molar-refractivity contribution in [2.45, 2.75) is 22.6 Å². The minimum Gasteiger partial charge on any atom is -0.497 e. The average Bonchev–Trinajstić information content (AvgIpc) is 3.58. The fraction of sp³-hybridized carbons (Fsp3) is 0.360. The van der Waals surface area contributed by atoms with Crippen LogP contribution in [0.2, 0.25) is 0 Å². The summed E-state index contributed by atoms with van der Waals surface area (Å²) in [5.41, 5.74) is 1.68. The van der Waals surface area contributed by atoms with Crippen LogP contribution in [0.3, 0.4) is 0 Å². The first-order chi connectivity index (χ1) is 16.6. The molecule has 172 valence electrons. The normalized spacial score (nSPS) is 33.1. The summed E-state index contributed by atoms with van der Waals surface area (Å²) in [6.07, 6.45) is 4.50. The summed E-state index contributed by atoms with van der Waals surface area (Å²) >= 11 is 2.96. The maximum Gasteiger partial charge on any atom is 0.305 e. The van der Waals surface area contributed by atoms with Crippen LogP contribution in [0.25, 0.3) is 0 Å². The number of carbonyl (C=O) groups is 2. The van der Waals surface area contributed by atoms with Crippen LogP contribution in [0, 0.1) is 29.6 Å². The number of methoxy groups -OCH3 is 1. The number of nitrogens with zero attached hydrogens (tertiary/aromatic N) is 2. The molecular formula is C25H21N3O4S2. The van der Waals surface area contributed by atoms with Crippen molar-refractivity contribution in [3.63, 3.8) is 0 Å². The number of H-pyrrole nitrogens is 1. The van der Waals surface area contributed by atoms with Crippen LogP contribution in [-0.4, -0.2) is 34.1 Å². The Bertz CT molecular complexity index is 1370. The van der Waals surface area contributed by atoms with Crippen molar-refractivity contribution >= 4 is 40.6 Å².